The summed E-state index contributed by atoms with van der Waals surface area (Å²) in [6.45, 7) is 9.22. The minimum Gasteiger partial charge on any atom is -0.356 e. The number of halogens is 1. The van der Waals surface area contributed by atoms with Gasteiger partial charge in [0, 0.05) is 65.3 Å². The lowest BCUT2D eigenvalue weighted by Gasteiger charge is -2.34. The van der Waals surface area contributed by atoms with Crippen molar-refractivity contribution in [2.75, 3.05) is 57.8 Å². The predicted molar refractivity (Wildman–Crippen MR) is 120 cm³/mol. The summed E-state index contributed by atoms with van der Waals surface area (Å²) < 4.78 is 0. The molecule has 7 nitrogen and oxygen atoms in total. The van der Waals surface area contributed by atoms with Crippen LogP contribution in [0.15, 0.2) is 23.5 Å². The van der Waals surface area contributed by atoms with Crippen LogP contribution in [-0.2, 0) is 0 Å². The smallest absolute Gasteiger partial charge is 0.225 e. The van der Waals surface area contributed by atoms with Gasteiger partial charge in [-0.2, -0.15) is 0 Å². The van der Waals surface area contributed by atoms with Crippen molar-refractivity contribution in [3.8, 4) is 0 Å². The van der Waals surface area contributed by atoms with E-state index < -0.39 is 0 Å². The highest BCUT2D eigenvalue weighted by atomic mass is 127. The van der Waals surface area contributed by atoms with E-state index >= 15 is 0 Å². The molecule has 0 aromatic carbocycles. The molecule has 1 aliphatic rings. The van der Waals surface area contributed by atoms with E-state index in [9.17, 15) is 0 Å². The summed E-state index contributed by atoms with van der Waals surface area (Å²) in [5, 5.41) is 6.80. The molecule has 26 heavy (non-hydrogen) atoms. The first-order chi connectivity index (χ1) is 12.3. The Balaban J connectivity index is 0.00000338. The number of aliphatic imine (C=N–C) groups is 1. The fourth-order valence-corrected chi connectivity index (χ4v) is 2.94. The number of hydrogen-bond donors (Lipinski definition) is 2. The number of unbranched alkanes of at least 4 members (excludes halogenated alkanes) is 3. The third-order valence-corrected chi connectivity index (χ3v) is 4.47. The minimum absolute atomic E-state index is 0. The second-order valence-electron chi connectivity index (χ2n) is 6.36. The van der Waals surface area contributed by atoms with Gasteiger partial charge >= 0.3 is 0 Å². The van der Waals surface area contributed by atoms with E-state index in [0.717, 1.165) is 57.7 Å². The first-order valence-electron chi connectivity index (χ1n) is 9.52. The number of piperazine rings is 1. The number of rotatable bonds is 9. The Morgan fingerprint density at radius 2 is 1.73 bits per heavy atom. The maximum atomic E-state index is 4.33. The van der Waals surface area contributed by atoms with E-state index in [-0.39, 0.29) is 24.0 Å². The van der Waals surface area contributed by atoms with Crippen LogP contribution in [0.1, 0.15) is 32.6 Å². The first-order valence-corrected chi connectivity index (χ1v) is 9.52. The highest BCUT2D eigenvalue weighted by Gasteiger charge is 2.18. The highest BCUT2D eigenvalue weighted by molar-refractivity contribution is 14.0. The van der Waals surface area contributed by atoms with E-state index in [2.05, 4.69) is 42.3 Å². The molecule has 0 aliphatic carbocycles. The third kappa shape index (κ3) is 8.48. The summed E-state index contributed by atoms with van der Waals surface area (Å²) in [5.74, 6) is 1.75. The fraction of sp³-hybridized carbons (Fsp3) is 0.722. The monoisotopic (exact) mass is 475 g/mol. The SMILES string of the molecule is CCCCCCNC(=NC)NCCN1CCN(c2ncccn2)CC1.I. The van der Waals surface area contributed by atoms with Crippen LogP contribution in [0.2, 0.25) is 0 Å². The molecule has 1 fully saturated rings. The zero-order valence-corrected chi connectivity index (χ0v) is 18.5. The van der Waals surface area contributed by atoms with Crippen molar-refractivity contribution in [2.24, 2.45) is 4.99 Å². The molecule has 2 heterocycles. The van der Waals surface area contributed by atoms with Gasteiger partial charge in [0.25, 0.3) is 0 Å². The van der Waals surface area contributed by atoms with Crippen LogP contribution in [0.5, 0.6) is 0 Å². The van der Waals surface area contributed by atoms with Crippen molar-refractivity contribution in [3.63, 3.8) is 0 Å². The van der Waals surface area contributed by atoms with Crippen molar-refractivity contribution >= 4 is 35.9 Å². The van der Waals surface area contributed by atoms with E-state index in [0.29, 0.717) is 0 Å². The topological polar surface area (TPSA) is 68.7 Å². The second-order valence-corrected chi connectivity index (χ2v) is 6.36. The molecule has 1 aliphatic heterocycles. The van der Waals surface area contributed by atoms with Crippen molar-refractivity contribution < 1.29 is 0 Å². The number of anilines is 1. The molecule has 0 saturated carbocycles. The van der Waals surface area contributed by atoms with Crippen LogP contribution in [0.3, 0.4) is 0 Å². The Morgan fingerprint density at radius 3 is 2.38 bits per heavy atom. The Morgan fingerprint density at radius 1 is 1.04 bits per heavy atom. The lowest BCUT2D eigenvalue weighted by molar-refractivity contribution is 0.260. The second kappa shape index (κ2) is 14.0. The highest BCUT2D eigenvalue weighted by Crippen LogP contribution is 2.08. The normalized spacial score (nSPS) is 15.5. The van der Waals surface area contributed by atoms with E-state index in [4.69, 9.17) is 0 Å². The molecular weight excluding hydrogens is 441 g/mol. The zero-order chi connectivity index (χ0) is 17.7. The zero-order valence-electron chi connectivity index (χ0n) is 16.2. The average molecular weight is 475 g/mol. The molecule has 0 atom stereocenters. The Labute approximate surface area is 175 Å². The standard InChI is InChI=1S/C18H33N7.HI/c1-3-4-5-6-8-20-17(19-2)21-11-12-24-13-15-25(16-14-24)18-22-9-7-10-23-18;/h7,9-10H,3-6,8,11-16H2,1-2H3,(H2,19,20,21);1H. The minimum atomic E-state index is 0. The number of hydrogen-bond acceptors (Lipinski definition) is 5. The van der Waals surface area contributed by atoms with Gasteiger partial charge in [-0.1, -0.05) is 26.2 Å². The van der Waals surface area contributed by atoms with Crippen LogP contribution in [0, 0.1) is 0 Å². The maximum absolute atomic E-state index is 4.33. The summed E-state index contributed by atoms with van der Waals surface area (Å²) in [6, 6.07) is 1.86. The van der Waals surface area contributed by atoms with Gasteiger partial charge in [0.2, 0.25) is 5.95 Å². The van der Waals surface area contributed by atoms with Gasteiger partial charge in [0.15, 0.2) is 5.96 Å². The summed E-state index contributed by atoms with van der Waals surface area (Å²) in [5.41, 5.74) is 0. The Bertz CT molecular complexity index is 490. The molecule has 0 spiro atoms. The third-order valence-electron chi connectivity index (χ3n) is 4.47. The molecular formula is C18H34IN7. The van der Waals surface area contributed by atoms with Crippen LogP contribution in [-0.4, -0.2) is 73.7 Å². The molecule has 1 aromatic heterocycles. The predicted octanol–water partition coefficient (Wildman–Crippen LogP) is 1.96. The van der Waals surface area contributed by atoms with Crippen molar-refractivity contribution in [2.45, 2.75) is 32.6 Å². The van der Waals surface area contributed by atoms with Crippen molar-refractivity contribution in [1.29, 1.82) is 0 Å². The molecule has 0 amide bonds. The largest absolute Gasteiger partial charge is 0.356 e. The number of aromatic nitrogens is 2. The van der Waals surface area contributed by atoms with Gasteiger partial charge in [0.1, 0.15) is 0 Å². The summed E-state index contributed by atoms with van der Waals surface area (Å²) in [7, 11) is 1.83. The molecule has 1 aromatic rings. The quantitative estimate of drug-likeness (QED) is 0.246. The molecule has 8 heteroatoms. The Kier molecular flexibility index (Phi) is 12.3. The lowest BCUT2D eigenvalue weighted by Crippen LogP contribution is -2.49. The van der Waals surface area contributed by atoms with Crippen LogP contribution in [0.4, 0.5) is 5.95 Å². The summed E-state index contributed by atoms with van der Waals surface area (Å²) in [4.78, 5) is 17.7. The van der Waals surface area contributed by atoms with E-state index in [1.54, 1.807) is 12.4 Å². The number of guanidine groups is 1. The van der Waals surface area contributed by atoms with Crippen LogP contribution < -0.4 is 15.5 Å². The molecule has 0 radical (unpaired) electrons. The molecule has 0 bridgehead atoms. The van der Waals surface area contributed by atoms with Gasteiger partial charge < -0.3 is 15.5 Å². The van der Waals surface area contributed by atoms with E-state index in [1.807, 2.05) is 13.1 Å². The number of nitrogens with one attached hydrogen (secondary N) is 2. The maximum Gasteiger partial charge on any atom is 0.225 e. The van der Waals surface area contributed by atoms with Gasteiger partial charge in [-0.25, -0.2) is 9.97 Å². The van der Waals surface area contributed by atoms with Crippen molar-refractivity contribution in [1.82, 2.24) is 25.5 Å². The van der Waals surface area contributed by atoms with Gasteiger partial charge in [0.05, 0.1) is 0 Å². The summed E-state index contributed by atoms with van der Waals surface area (Å²) in [6.07, 6.45) is 8.69. The molecule has 0 unspecified atom stereocenters. The lowest BCUT2D eigenvalue weighted by atomic mass is 10.2. The molecule has 2 rings (SSSR count). The van der Waals surface area contributed by atoms with Crippen LogP contribution in [0.25, 0.3) is 0 Å². The first kappa shape index (κ1) is 22.9. The molecule has 2 N–H and O–H groups in total. The van der Waals surface area contributed by atoms with Gasteiger partial charge in [-0.05, 0) is 12.5 Å². The molecule has 148 valence electrons. The Hall–Kier alpha value is -1.16. The average Bonchev–Trinajstić information content (AvgIpc) is 2.67. The van der Waals surface area contributed by atoms with E-state index in [1.165, 1.54) is 25.7 Å². The summed E-state index contributed by atoms with van der Waals surface area (Å²) >= 11 is 0. The molecule has 1 saturated heterocycles. The van der Waals surface area contributed by atoms with Gasteiger partial charge in [-0.15, -0.1) is 24.0 Å². The van der Waals surface area contributed by atoms with Crippen molar-refractivity contribution in [3.05, 3.63) is 18.5 Å². The van der Waals surface area contributed by atoms with Gasteiger partial charge in [-0.3, -0.25) is 9.89 Å². The fourth-order valence-electron chi connectivity index (χ4n) is 2.94. The van der Waals surface area contributed by atoms with Crippen LogP contribution >= 0.6 is 24.0 Å². The number of nitrogens with zero attached hydrogens (tertiary/aromatic N) is 5.